The number of nitrogens with zero attached hydrogens (tertiary/aromatic N) is 3. The summed E-state index contributed by atoms with van der Waals surface area (Å²) in [4.78, 5) is 17.3. The molecular formula is C19H18N4O2. The van der Waals surface area contributed by atoms with E-state index in [1.54, 1.807) is 24.5 Å². The average Bonchev–Trinajstić information content (AvgIpc) is 3.17. The Morgan fingerprint density at radius 2 is 1.92 bits per heavy atom. The van der Waals surface area contributed by atoms with E-state index in [1.165, 1.54) is 24.6 Å². The number of hydrogen-bond donors (Lipinski definition) is 1. The molecular weight excluding hydrogens is 316 g/mol. The predicted octanol–water partition coefficient (Wildman–Crippen LogP) is 4.49. The highest BCUT2D eigenvalue weighted by atomic mass is 16.6. The molecule has 4 rings (SSSR count). The maximum atomic E-state index is 11.2. The van der Waals surface area contributed by atoms with E-state index in [-0.39, 0.29) is 10.6 Å². The van der Waals surface area contributed by atoms with E-state index in [9.17, 15) is 10.1 Å². The number of non-ortho nitro benzene ring substituents is 1. The molecule has 6 nitrogen and oxygen atoms in total. The van der Waals surface area contributed by atoms with Crippen LogP contribution in [-0.4, -0.2) is 23.0 Å². The number of fused-ring (bicyclic) bond motifs is 1. The van der Waals surface area contributed by atoms with Gasteiger partial charge in [0.05, 0.1) is 10.3 Å². The third-order valence-corrected chi connectivity index (χ3v) is 4.59. The molecule has 126 valence electrons. The normalized spacial score (nSPS) is 14.0. The Hall–Kier alpha value is -3.15. The van der Waals surface area contributed by atoms with Crippen molar-refractivity contribution in [1.82, 2.24) is 4.98 Å². The topological polar surface area (TPSA) is 71.3 Å². The second kappa shape index (κ2) is 6.39. The van der Waals surface area contributed by atoms with Crippen molar-refractivity contribution in [2.75, 3.05) is 23.3 Å². The van der Waals surface area contributed by atoms with E-state index < -0.39 is 0 Å². The van der Waals surface area contributed by atoms with Crippen LogP contribution in [0.3, 0.4) is 0 Å². The molecule has 2 heterocycles. The molecule has 1 saturated heterocycles. The Labute approximate surface area is 145 Å². The van der Waals surface area contributed by atoms with Crippen LogP contribution in [-0.2, 0) is 0 Å². The van der Waals surface area contributed by atoms with Gasteiger partial charge in [-0.05, 0) is 43.2 Å². The number of rotatable bonds is 4. The maximum Gasteiger partial charge on any atom is 0.278 e. The Balaban J connectivity index is 1.70. The van der Waals surface area contributed by atoms with E-state index in [0.29, 0.717) is 5.39 Å². The summed E-state index contributed by atoms with van der Waals surface area (Å²) in [6.07, 6.45) is 5.66. The van der Waals surface area contributed by atoms with Gasteiger partial charge >= 0.3 is 0 Å². The molecule has 1 fully saturated rings. The first-order valence-corrected chi connectivity index (χ1v) is 8.35. The van der Waals surface area contributed by atoms with Crippen molar-refractivity contribution in [2.24, 2.45) is 0 Å². The van der Waals surface area contributed by atoms with Crippen molar-refractivity contribution in [3.05, 3.63) is 65.0 Å². The number of hydrogen-bond acceptors (Lipinski definition) is 5. The van der Waals surface area contributed by atoms with Gasteiger partial charge in [0, 0.05) is 54.0 Å². The van der Waals surface area contributed by atoms with E-state index in [2.05, 4.69) is 27.3 Å². The average molecular weight is 334 g/mol. The lowest BCUT2D eigenvalue weighted by molar-refractivity contribution is -0.383. The highest BCUT2D eigenvalue weighted by molar-refractivity contribution is 6.00. The van der Waals surface area contributed by atoms with Gasteiger partial charge < -0.3 is 10.2 Å². The number of nitrogens with one attached hydrogen (secondary N) is 1. The van der Waals surface area contributed by atoms with Crippen LogP contribution in [0.15, 0.2) is 54.9 Å². The van der Waals surface area contributed by atoms with Crippen molar-refractivity contribution >= 4 is 33.5 Å². The molecule has 2 aromatic carbocycles. The Bertz CT molecular complexity index is 936. The molecule has 0 bridgehead atoms. The molecule has 1 aliphatic rings. The van der Waals surface area contributed by atoms with Crippen LogP contribution in [0, 0.1) is 10.1 Å². The van der Waals surface area contributed by atoms with Crippen LogP contribution in [0.5, 0.6) is 0 Å². The summed E-state index contributed by atoms with van der Waals surface area (Å²) in [5, 5.41) is 16.0. The van der Waals surface area contributed by atoms with Gasteiger partial charge in [-0.1, -0.05) is 6.07 Å². The molecule has 0 atom stereocenters. The van der Waals surface area contributed by atoms with Crippen molar-refractivity contribution in [2.45, 2.75) is 12.8 Å². The fraction of sp³-hybridized carbons (Fsp3) is 0.211. The van der Waals surface area contributed by atoms with E-state index in [1.807, 2.05) is 12.1 Å². The molecule has 25 heavy (non-hydrogen) atoms. The third kappa shape index (κ3) is 2.98. The second-order valence-electron chi connectivity index (χ2n) is 6.18. The number of pyridine rings is 1. The van der Waals surface area contributed by atoms with Crippen LogP contribution < -0.4 is 10.2 Å². The van der Waals surface area contributed by atoms with Crippen molar-refractivity contribution in [3.8, 4) is 0 Å². The monoisotopic (exact) mass is 334 g/mol. The molecule has 0 unspecified atom stereocenters. The highest BCUT2D eigenvalue weighted by Crippen LogP contribution is 2.33. The lowest BCUT2D eigenvalue weighted by Gasteiger charge is -2.19. The second-order valence-corrected chi connectivity index (χ2v) is 6.18. The van der Waals surface area contributed by atoms with Crippen molar-refractivity contribution in [1.29, 1.82) is 0 Å². The molecule has 1 aliphatic heterocycles. The zero-order chi connectivity index (χ0) is 17.2. The highest BCUT2D eigenvalue weighted by Gasteiger charge is 2.15. The van der Waals surface area contributed by atoms with Crippen LogP contribution >= 0.6 is 0 Å². The fourth-order valence-electron chi connectivity index (χ4n) is 3.35. The SMILES string of the molecule is O=[N+]([O-])c1ccc(Nc2cccc(N3CCCC3)c2)c2ccncc12. The number of nitro groups is 1. The minimum Gasteiger partial charge on any atom is -0.371 e. The maximum absolute atomic E-state index is 11.2. The lowest BCUT2D eigenvalue weighted by Crippen LogP contribution is -2.17. The number of aromatic nitrogens is 1. The molecule has 0 amide bonds. The van der Waals surface area contributed by atoms with E-state index >= 15 is 0 Å². The first-order valence-electron chi connectivity index (χ1n) is 8.35. The number of anilines is 3. The lowest BCUT2D eigenvalue weighted by atomic mass is 10.1. The predicted molar refractivity (Wildman–Crippen MR) is 99.6 cm³/mol. The summed E-state index contributed by atoms with van der Waals surface area (Å²) < 4.78 is 0. The minimum atomic E-state index is -0.373. The van der Waals surface area contributed by atoms with Gasteiger partial charge in [0.1, 0.15) is 0 Å². The third-order valence-electron chi connectivity index (χ3n) is 4.59. The smallest absolute Gasteiger partial charge is 0.278 e. The summed E-state index contributed by atoms with van der Waals surface area (Å²) in [6, 6.07) is 13.4. The Morgan fingerprint density at radius 3 is 2.72 bits per heavy atom. The van der Waals surface area contributed by atoms with E-state index in [0.717, 1.165) is 29.9 Å². The molecule has 0 saturated carbocycles. The van der Waals surface area contributed by atoms with Crippen LogP contribution in [0.2, 0.25) is 0 Å². The first-order chi connectivity index (χ1) is 12.2. The molecule has 6 heteroatoms. The van der Waals surface area contributed by atoms with Gasteiger partial charge in [-0.3, -0.25) is 15.1 Å². The first kappa shape index (κ1) is 15.4. The van der Waals surface area contributed by atoms with Crippen LogP contribution in [0.4, 0.5) is 22.7 Å². The van der Waals surface area contributed by atoms with Crippen molar-refractivity contribution in [3.63, 3.8) is 0 Å². The Morgan fingerprint density at radius 1 is 1.08 bits per heavy atom. The van der Waals surface area contributed by atoms with Crippen molar-refractivity contribution < 1.29 is 4.92 Å². The van der Waals surface area contributed by atoms with Crippen LogP contribution in [0.25, 0.3) is 10.8 Å². The zero-order valence-corrected chi connectivity index (χ0v) is 13.7. The summed E-state index contributed by atoms with van der Waals surface area (Å²) in [6.45, 7) is 2.19. The van der Waals surface area contributed by atoms with Gasteiger partial charge in [0.15, 0.2) is 0 Å². The molecule has 0 spiro atoms. The molecule has 3 aromatic rings. The number of benzene rings is 2. The summed E-state index contributed by atoms with van der Waals surface area (Å²) >= 11 is 0. The zero-order valence-electron chi connectivity index (χ0n) is 13.7. The molecule has 1 N–H and O–H groups in total. The Kier molecular flexibility index (Phi) is 3.93. The van der Waals surface area contributed by atoms with Crippen LogP contribution in [0.1, 0.15) is 12.8 Å². The van der Waals surface area contributed by atoms with Gasteiger partial charge in [-0.2, -0.15) is 0 Å². The fourth-order valence-corrected chi connectivity index (χ4v) is 3.35. The largest absolute Gasteiger partial charge is 0.371 e. The quantitative estimate of drug-likeness (QED) is 0.562. The van der Waals surface area contributed by atoms with E-state index in [4.69, 9.17) is 0 Å². The summed E-state index contributed by atoms with van der Waals surface area (Å²) in [5.41, 5.74) is 3.08. The summed E-state index contributed by atoms with van der Waals surface area (Å²) in [5.74, 6) is 0. The minimum absolute atomic E-state index is 0.0690. The van der Waals surface area contributed by atoms with Gasteiger partial charge in [0.25, 0.3) is 5.69 Å². The van der Waals surface area contributed by atoms with Gasteiger partial charge in [0.2, 0.25) is 0 Å². The molecule has 0 aliphatic carbocycles. The number of nitro benzene ring substituents is 1. The van der Waals surface area contributed by atoms with Gasteiger partial charge in [-0.15, -0.1) is 0 Å². The standard InChI is InChI=1S/C19H18N4O2/c24-23(25)19-7-6-18(16-8-9-20-13-17(16)19)21-14-4-3-5-15(12-14)22-10-1-2-11-22/h3-9,12-13,21H,1-2,10-11H2. The molecule has 0 radical (unpaired) electrons. The van der Waals surface area contributed by atoms with Gasteiger partial charge in [-0.25, -0.2) is 0 Å². The summed E-state index contributed by atoms with van der Waals surface area (Å²) in [7, 11) is 0. The molecule has 1 aromatic heterocycles.